The van der Waals surface area contributed by atoms with E-state index < -0.39 is 0 Å². The lowest BCUT2D eigenvalue weighted by Crippen LogP contribution is -2.44. The Morgan fingerprint density at radius 1 is 1.10 bits per heavy atom. The van der Waals surface area contributed by atoms with E-state index in [1.807, 2.05) is 0 Å². The van der Waals surface area contributed by atoms with Gasteiger partial charge in [-0.15, -0.1) is 0 Å². The van der Waals surface area contributed by atoms with Gasteiger partial charge < -0.3 is 16.8 Å². The van der Waals surface area contributed by atoms with Crippen molar-refractivity contribution in [3.8, 4) is 0 Å². The zero-order chi connectivity index (χ0) is 15.3. The van der Waals surface area contributed by atoms with Crippen molar-refractivity contribution in [3.63, 3.8) is 0 Å². The summed E-state index contributed by atoms with van der Waals surface area (Å²) in [5.41, 5.74) is 12.6. The molecule has 21 heavy (non-hydrogen) atoms. The van der Waals surface area contributed by atoms with Crippen molar-refractivity contribution in [1.82, 2.24) is 0 Å². The summed E-state index contributed by atoms with van der Waals surface area (Å²) < 4.78 is 0. The van der Waals surface area contributed by atoms with Crippen molar-refractivity contribution >= 4 is 17.5 Å². The number of amides is 2. The van der Waals surface area contributed by atoms with Crippen LogP contribution in [0.4, 0.5) is 5.69 Å². The van der Waals surface area contributed by atoms with E-state index in [1.54, 1.807) is 24.3 Å². The minimum Gasteiger partial charge on any atom is -0.369 e. The summed E-state index contributed by atoms with van der Waals surface area (Å²) >= 11 is 0. The van der Waals surface area contributed by atoms with Crippen molar-refractivity contribution in [2.24, 2.45) is 11.5 Å². The maximum Gasteiger partial charge on any atom is 0.226 e. The highest BCUT2D eigenvalue weighted by atomic mass is 16.2. The molecule has 0 spiro atoms. The van der Waals surface area contributed by atoms with Gasteiger partial charge in [0.1, 0.15) is 0 Å². The van der Waals surface area contributed by atoms with Gasteiger partial charge in [-0.1, -0.05) is 31.4 Å². The second-order valence-electron chi connectivity index (χ2n) is 5.99. The van der Waals surface area contributed by atoms with E-state index in [-0.39, 0.29) is 23.8 Å². The van der Waals surface area contributed by atoms with E-state index in [4.69, 9.17) is 11.5 Å². The molecule has 1 aromatic carbocycles. The van der Waals surface area contributed by atoms with Crippen LogP contribution in [0.5, 0.6) is 0 Å². The minimum atomic E-state index is -0.367. The summed E-state index contributed by atoms with van der Waals surface area (Å²) in [5.74, 6) is -0.420. The molecule has 2 rings (SSSR count). The van der Waals surface area contributed by atoms with E-state index in [1.165, 1.54) is 6.42 Å². The number of carbonyl (C=O) groups is 2. The Labute approximate surface area is 125 Å². The molecule has 1 aliphatic rings. The Bertz CT molecular complexity index is 505. The lowest BCUT2D eigenvalue weighted by molar-refractivity contribution is -0.118. The van der Waals surface area contributed by atoms with Gasteiger partial charge in [0.2, 0.25) is 11.8 Å². The average Bonchev–Trinajstić information content (AvgIpc) is 2.40. The van der Waals surface area contributed by atoms with Gasteiger partial charge in [0.05, 0.1) is 6.42 Å². The fraction of sp³-hybridized carbons (Fsp3) is 0.500. The Hall–Kier alpha value is -1.88. The summed E-state index contributed by atoms with van der Waals surface area (Å²) in [6, 6.07) is 7.14. The van der Waals surface area contributed by atoms with Crippen LogP contribution in [0.2, 0.25) is 0 Å². The molecule has 5 heteroatoms. The van der Waals surface area contributed by atoms with Gasteiger partial charge in [0, 0.05) is 17.6 Å². The molecular weight excluding hydrogens is 266 g/mol. The highest BCUT2D eigenvalue weighted by Crippen LogP contribution is 2.28. The van der Waals surface area contributed by atoms with Gasteiger partial charge in [0.25, 0.3) is 0 Å². The van der Waals surface area contributed by atoms with Crippen LogP contribution in [0.25, 0.3) is 0 Å². The van der Waals surface area contributed by atoms with Crippen LogP contribution in [0, 0.1) is 0 Å². The van der Waals surface area contributed by atoms with Crippen LogP contribution in [-0.2, 0) is 16.0 Å². The molecule has 5 N–H and O–H groups in total. The Kier molecular flexibility index (Phi) is 4.96. The molecule has 1 fully saturated rings. The second-order valence-corrected chi connectivity index (χ2v) is 5.99. The number of nitrogens with two attached hydrogens (primary N) is 2. The third-order valence-corrected chi connectivity index (χ3v) is 3.98. The average molecular weight is 289 g/mol. The number of nitrogens with one attached hydrogen (secondary N) is 1. The Balaban J connectivity index is 1.88. The lowest BCUT2D eigenvalue weighted by atomic mass is 9.80. The molecular formula is C16H23N3O2. The normalized spacial score (nSPS) is 17.2. The van der Waals surface area contributed by atoms with Crippen LogP contribution in [0.3, 0.4) is 0 Å². The van der Waals surface area contributed by atoms with Crippen molar-refractivity contribution in [3.05, 3.63) is 29.8 Å². The van der Waals surface area contributed by atoms with Crippen LogP contribution < -0.4 is 16.8 Å². The first-order chi connectivity index (χ1) is 9.97. The fourth-order valence-electron chi connectivity index (χ4n) is 2.86. The SMILES string of the molecule is NC(=O)Cc1ccc(NC(=O)CC2(N)CCCCC2)cc1. The van der Waals surface area contributed by atoms with Gasteiger partial charge in [-0.25, -0.2) is 0 Å². The van der Waals surface area contributed by atoms with Gasteiger partial charge in [-0.05, 0) is 30.5 Å². The first kappa shape index (κ1) is 15.5. The topological polar surface area (TPSA) is 98.2 Å². The summed E-state index contributed by atoms with van der Waals surface area (Å²) in [6.07, 6.45) is 5.81. The minimum absolute atomic E-state index is 0.0537. The maximum atomic E-state index is 12.1. The van der Waals surface area contributed by atoms with Crippen LogP contribution >= 0.6 is 0 Å². The van der Waals surface area contributed by atoms with Gasteiger partial charge >= 0.3 is 0 Å². The number of carbonyl (C=O) groups excluding carboxylic acids is 2. The molecule has 1 aromatic rings. The van der Waals surface area contributed by atoms with Gasteiger partial charge in [0.15, 0.2) is 0 Å². The second kappa shape index (κ2) is 6.72. The van der Waals surface area contributed by atoms with E-state index >= 15 is 0 Å². The molecule has 1 saturated carbocycles. The molecule has 5 nitrogen and oxygen atoms in total. The molecule has 114 valence electrons. The van der Waals surface area contributed by atoms with E-state index in [0.717, 1.165) is 31.2 Å². The van der Waals surface area contributed by atoms with Crippen LogP contribution in [0.15, 0.2) is 24.3 Å². The third kappa shape index (κ3) is 4.86. The standard InChI is InChI=1S/C16H23N3O2/c17-14(20)10-12-4-6-13(7-5-12)19-15(21)11-16(18)8-2-1-3-9-16/h4-7H,1-3,8-11,18H2,(H2,17,20)(H,19,21). The van der Waals surface area contributed by atoms with E-state index in [0.29, 0.717) is 12.1 Å². The number of benzene rings is 1. The first-order valence-electron chi connectivity index (χ1n) is 7.43. The molecule has 0 atom stereocenters. The fourth-order valence-corrected chi connectivity index (χ4v) is 2.86. The largest absolute Gasteiger partial charge is 0.369 e. The van der Waals surface area contributed by atoms with Gasteiger partial charge in [-0.2, -0.15) is 0 Å². The number of hydrogen-bond acceptors (Lipinski definition) is 3. The predicted molar refractivity (Wildman–Crippen MR) is 82.6 cm³/mol. The summed E-state index contributed by atoms with van der Waals surface area (Å²) in [7, 11) is 0. The first-order valence-corrected chi connectivity index (χ1v) is 7.43. The van der Waals surface area contributed by atoms with Crippen molar-refractivity contribution in [2.75, 3.05) is 5.32 Å². The van der Waals surface area contributed by atoms with Crippen molar-refractivity contribution < 1.29 is 9.59 Å². The summed E-state index contributed by atoms with van der Waals surface area (Å²) in [6.45, 7) is 0. The predicted octanol–water partition coefficient (Wildman–Crippen LogP) is 1.70. The maximum absolute atomic E-state index is 12.1. The third-order valence-electron chi connectivity index (χ3n) is 3.98. The molecule has 0 bridgehead atoms. The molecule has 0 unspecified atom stereocenters. The Morgan fingerprint density at radius 3 is 2.29 bits per heavy atom. The smallest absolute Gasteiger partial charge is 0.226 e. The summed E-state index contributed by atoms with van der Waals surface area (Å²) in [4.78, 5) is 22.9. The number of hydrogen-bond donors (Lipinski definition) is 3. The van der Waals surface area contributed by atoms with Gasteiger partial charge in [-0.3, -0.25) is 9.59 Å². The molecule has 0 radical (unpaired) electrons. The highest BCUT2D eigenvalue weighted by Gasteiger charge is 2.29. The quantitative estimate of drug-likeness (QED) is 0.769. The molecule has 2 amide bonds. The molecule has 0 aromatic heterocycles. The monoisotopic (exact) mass is 289 g/mol. The van der Waals surface area contributed by atoms with Crippen LogP contribution in [-0.4, -0.2) is 17.4 Å². The lowest BCUT2D eigenvalue weighted by Gasteiger charge is -2.32. The Morgan fingerprint density at radius 2 is 1.71 bits per heavy atom. The number of primary amides is 1. The van der Waals surface area contributed by atoms with E-state index in [2.05, 4.69) is 5.32 Å². The zero-order valence-corrected chi connectivity index (χ0v) is 12.2. The highest BCUT2D eigenvalue weighted by molar-refractivity contribution is 5.91. The number of anilines is 1. The number of rotatable bonds is 5. The summed E-state index contributed by atoms with van der Waals surface area (Å²) in [5, 5.41) is 2.86. The van der Waals surface area contributed by atoms with E-state index in [9.17, 15) is 9.59 Å². The van der Waals surface area contributed by atoms with Crippen molar-refractivity contribution in [2.45, 2.75) is 50.5 Å². The molecule has 0 heterocycles. The zero-order valence-electron chi connectivity index (χ0n) is 12.2. The van der Waals surface area contributed by atoms with Crippen LogP contribution in [0.1, 0.15) is 44.1 Å². The van der Waals surface area contributed by atoms with Crippen molar-refractivity contribution in [1.29, 1.82) is 0 Å². The molecule has 0 saturated heterocycles. The molecule has 1 aliphatic carbocycles. The molecule has 0 aliphatic heterocycles.